The van der Waals surface area contributed by atoms with Crippen LogP contribution in [-0.4, -0.2) is 46.1 Å². The lowest BCUT2D eigenvalue weighted by atomic mass is 10.2. The summed E-state index contributed by atoms with van der Waals surface area (Å²) >= 11 is 5.98. The molecule has 0 radical (unpaired) electrons. The summed E-state index contributed by atoms with van der Waals surface area (Å²) < 4.78 is 0. The fourth-order valence-electron chi connectivity index (χ4n) is 2.15. The zero-order valence-corrected chi connectivity index (χ0v) is 13.5. The van der Waals surface area contributed by atoms with Crippen LogP contribution in [0.15, 0.2) is 24.3 Å². The van der Waals surface area contributed by atoms with Crippen molar-refractivity contribution < 1.29 is 19.2 Å². The van der Waals surface area contributed by atoms with Crippen LogP contribution in [0, 0.1) is 0 Å². The summed E-state index contributed by atoms with van der Waals surface area (Å²) in [6, 6.07) is 5.76. The number of rotatable bonds is 5. The standard InChI is InChI=1S/C15H16ClN3O4/c1-9(2)19-14(22)13(21)18(15(19)23)8-12(20)17-7-10-5-3-4-6-11(10)16/h3-6,9H,7-8H2,1-2H3,(H,17,20). The van der Waals surface area contributed by atoms with Gasteiger partial charge in [0.2, 0.25) is 5.91 Å². The highest BCUT2D eigenvalue weighted by Crippen LogP contribution is 2.16. The van der Waals surface area contributed by atoms with Crippen molar-refractivity contribution >= 4 is 35.4 Å². The molecule has 0 spiro atoms. The summed E-state index contributed by atoms with van der Waals surface area (Å²) in [4.78, 5) is 49.0. The largest absolute Gasteiger partial charge is 0.350 e. The van der Waals surface area contributed by atoms with Crippen LogP contribution >= 0.6 is 11.6 Å². The number of imide groups is 2. The highest BCUT2D eigenvalue weighted by Gasteiger charge is 2.46. The molecule has 0 unspecified atom stereocenters. The van der Waals surface area contributed by atoms with Gasteiger partial charge in [-0.25, -0.2) is 9.69 Å². The van der Waals surface area contributed by atoms with E-state index in [1.807, 2.05) is 0 Å². The molecule has 23 heavy (non-hydrogen) atoms. The minimum atomic E-state index is -0.989. The van der Waals surface area contributed by atoms with Crippen molar-refractivity contribution in [2.75, 3.05) is 6.54 Å². The van der Waals surface area contributed by atoms with E-state index in [1.165, 1.54) is 0 Å². The fourth-order valence-corrected chi connectivity index (χ4v) is 2.35. The molecular formula is C15H16ClN3O4. The van der Waals surface area contributed by atoms with Gasteiger partial charge in [0.25, 0.3) is 0 Å². The number of amides is 5. The number of nitrogens with one attached hydrogen (secondary N) is 1. The Hall–Kier alpha value is -2.41. The molecule has 0 atom stereocenters. The van der Waals surface area contributed by atoms with Gasteiger partial charge in [0.1, 0.15) is 6.54 Å². The van der Waals surface area contributed by atoms with Crippen LogP contribution in [0.4, 0.5) is 4.79 Å². The van der Waals surface area contributed by atoms with Crippen molar-refractivity contribution in [2.45, 2.75) is 26.4 Å². The van der Waals surface area contributed by atoms with Crippen molar-refractivity contribution in [1.29, 1.82) is 0 Å². The summed E-state index contributed by atoms with van der Waals surface area (Å²) in [5.41, 5.74) is 0.710. The first kappa shape index (κ1) is 17.0. The Morgan fingerprint density at radius 3 is 2.39 bits per heavy atom. The third kappa shape index (κ3) is 3.50. The van der Waals surface area contributed by atoms with Crippen LogP contribution in [-0.2, 0) is 20.9 Å². The van der Waals surface area contributed by atoms with E-state index in [-0.39, 0.29) is 6.54 Å². The van der Waals surface area contributed by atoms with Crippen molar-refractivity contribution in [3.8, 4) is 0 Å². The highest BCUT2D eigenvalue weighted by molar-refractivity contribution is 6.45. The van der Waals surface area contributed by atoms with Crippen LogP contribution in [0.1, 0.15) is 19.4 Å². The van der Waals surface area contributed by atoms with Gasteiger partial charge in [0, 0.05) is 17.6 Å². The Morgan fingerprint density at radius 2 is 1.83 bits per heavy atom. The molecule has 1 fully saturated rings. The lowest BCUT2D eigenvalue weighted by Gasteiger charge is -2.18. The number of nitrogens with zero attached hydrogens (tertiary/aromatic N) is 2. The number of hydrogen-bond acceptors (Lipinski definition) is 4. The fraction of sp³-hybridized carbons (Fsp3) is 0.333. The molecule has 1 aromatic rings. The second-order valence-corrected chi connectivity index (χ2v) is 5.72. The minimum absolute atomic E-state index is 0.163. The first-order chi connectivity index (χ1) is 10.8. The smallest absolute Gasteiger partial charge is 0.334 e. The van der Waals surface area contributed by atoms with Crippen molar-refractivity contribution in [3.63, 3.8) is 0 Å². The molecule has 1 aliphatic heterocycles. The van der Waals surface area contributed by atoms with Gasteiger partial charge in [-0.3, -0.25) is 19.3 Å². The molecule has 0 aromatic heterocycles. The molecule has 1 aliphatic rings. The van der Waals surface area contributed by atoms with Gasteiger partial charge in [-0.2, -0.15) is 0 Å². The summed E-state index contributed by atoms with van der Waals surface area (Å²) in [7, 11) is 0. The first-order valence-electron chi connectivity index (χ1n) is 7.02. The van der Waals surface area contributed by atoms with E-state index in [0.29, 0.717) is 15.5 Å². The SMILES string of the molecule is CC(C)N1C(=O)C(=O)N(CC(=O)NCc2ccccc2Cl)C1=O. The molecule has 1 aromatic carbocycles. The maximum absolute atomic E-state index is 12.0. The maximum atomic E-state index is 12.0. The number of urea groups is 1. The molecule has 0 aliphatic carbocycles. The van der Waals surface area contributed by atoms with Gasteiger partial charge >= 0.3 is 17.8 Å². The number of carbonyl (C=O) groups excluding carboxylic acids is 4. The number of halogens is 1. The zero-order valence-electron chi connectivity index (χ0n) is 12.7. The predicted molar refractivity (Wildman–Crippen MR) is 82.4 cm³/mol. The van der Waals surface area contributed by atoms with Crippen LogP contribution in [0.3, 0.4) is 0 Å². The molecule has 7 nitrogen and oxygen atoms in total. The van der Waals surface area contributed by atoms with E-state index in [4.69, 9.17) is 11.6 Å². The molecule has 0 bridgehead atoms. The Kier molecular flexibility index (Phi) is 5.00. The summed E-state index contributed by atoms with van der Waals surface area (Å²) in [6.07, 6.45) is 0. The Balaban J connectivity index is 1.98. The van der Waals surface area contributed by atoms with Crippen LogP contribution in [0.2, 0.25) is 5.02 Å². The van der Waals surface area contributed by atoms with Gasteiger partial charge in [-0.15, -0.1) is 0 Å². The Bertz CT molecular complexity index is 674. The average Bonchev–Trinajstić information content (AvgIpc) is 2.70. The molecule has 1 saturated heterocycles. The molecule has 1 heterocycles. The van der Waals surface area contributed by atoms with Crippen LogP contribution in [0.5, 0.6) is 0 Å². The molecule has 0 saturated carbocycles. The molecular weight excluding hydrogens is 322 g/mol. The van der Waals surface area contributed by atoms with Crippen molar-refractivity contribution in [1.82, 2.24) is 15.1 Å². The number of hydrogen-bond donors (Lipinski definition) is 1. The molecule has 8 heteroatoms. The Labute approximate surface area is 138 Å². The quantitative estimate of drug-likeness (QED) is 0.645. The van der Waals surface area contributed by atoms with E-state index >= 15 is 0 Å². The third-order valence-electron chi connectivity index (χ3n) is 3.34. The average molecular weight is 338 g/mol. The van der Waals surface area contributed by atoms with Gasteiger partial charge in [-0.05, 0) is 25.5 Å². The monoisotopic (exact) mass is 337 g/mol. The van der Waals surface area contributed by atoms with Gasteiger partial charge < -0.3 is 5.32 Å². The normalized spacial score (nSPS) is 14.9. The van der Waals surface area contributed by atoms with Crippen molar-refractivity contribution in [2.24, 2.45) is 0 Å². The summed E-state index contributed by atoms with van der Waals surface area (Å²) in [6.45, 7) is 2.89. The minimum Gasteiger partial charge on any atom is -0.350 e. The van der Waals surface area contributed by atoms with Gasteiger partial charge in [-0.1, -0.05) is 29.8 Å². The van der Waals surface area contributed by atoms with Crippen molar-refractivity contribution in [3.05, 3.63) is 34.9 Å². The van der Waals surface area contributed by atoms with Gasteiger partial charge in [0.15, 0.2) is 0 Å². The molecule has 5 amide bonds. The van der Waals surface area contributed by atoms with Crippen LogP contribution in [0.25, 0.3) is 0 Å². The highest BCUT2D eigenvalue weighted by atomic mass is 35.5. The molecule has 2 rings (SSSR count). The predicted octanol–water partition coefficient (Wildman–Crippen LogP) is 1.16. The third-order valence-corrected chi connectivity index (χ3v) is 3.70. The van der Waals surface area contributed by atoms with E-state index in [0.717, 1.165) is 4.90 Å². The second-order valence-electron chi connectivity index (χ2n) is 5.31. The van der Waals surface area contributed by atoms with Gasteiger partial charge in [0.05, 0.1) is 0 Å². The maximum Gasteiger partial charge on any atom is 0.334 e. The van der Waals surface area contributed by atoms with E-state index in [2.05, 4.69) is 5.32 Å². The van der Waals surface area contributed by atoms with Crippen LogP contribution < -0.4 is 5.32 Å². The lowest BCUT2D eigenvalue weighted by molar-refractivity contribution is -0.144. The summed E-state index contributed by atoms with van der Waals surface area (Å²) in [5.74, 6) is -2.45. The number of carbonyl (C=O) groups is 4. The topological polar surface area (TPSA) is 86.8 Å². The first-order valence-corrected chi connectivity index (χ1v) is 7.40. The number of benzene rings is 1. The lowest BCUT2D eigenvalue weighted by Crippen LogP contribution is -2.42. The summed E-state index contributed by atoms with van der Waals surface area (Å²) in [5, 5.41) is 3.07. The van der Waals surface area contributed by atoms with E-state index < -0.39 is 36.3 Å². The Morgan fingerprint density at radius 1 is 1.17 bits per heavy atom. The van der Waals surface area contributed by atoms with E-state index in [1.54, 1.807) is 38.1 Å². The molecule has 1 N–H and O–H groups in total. The molecule has 122 valence electrons. The second kappa shape index (κ2) is 6.78. The van der Waals surface area contributed by atoms with E-state index in [9.17, 15) is 19.2 Å². The zero-order chi connectivity index (χ0) is 17.1.